The third-order valence-electron chi connectivity index (χ3n) is 6.01. The average molecular weight is 484 g/mol. The molecule has 0 saturated carbocycles. The monoisotopic (exact) mass is 484 g/mol. The summed E-state index contributed by atoms with van der Waals surface area (Å²) in [4.78, 5) is 12.9. The maximum atomic E-state index is 13.6. The lowest BCUT2D eigenvalue weighted by atomic mass is 9.83. The predicted octanol–water partition coefficient (Wildman–Crippen LogP) is 5.72. The minimum Gasteiger partial charge on any atom is -0.494 e. The summed E-state index contributed by atoms with van der Waals surface area (Å²) in [5.74, 6) is -0.397. The summed E-state index contributed by atoms with van der Waals surface area (Å²) < 4.78 is 36.0. The van der Waals surface area contributed by atoms with Gasteiger partial charge >= 0.3 is 5.97 Å². The Hall–Kier alpha value is -4.77. The number of carbonyl (C=O) groups excluding carboxylic acids is 1. The highest BCUT2D eigenvalue weighted by molar-refractivity contribution is 5.96. The molecular weight excluding hydrogens is 463 g/mol. The van der Waals surface area contributed by atoms with E-state index in [9.17, 15) is 14.4 Å². The topological polar surface area (TPSA) is 108 Å². The second-order valence-corrected chi connectivity index (χ2v) is 8.21. The Balaban J connectivity index is 1.46. The van der Waals surface area contributed by atoms with E-state index in [1.807, 2.05) is 31.2 Å². The van der Waals surface area contributed by atoms with Crippen molar-refractivity contribution in [3.63, 3.8) is 0 Å². The molecule has 5 rings (SSSR count). The molecule has 8 heteroatoms. The van der Waals surface area contributed by atoms with E-state index in [4.69, 9.17) is 24.4 Å². The molecule has 4 aromatic rings. The molecule has 2 heterocycles. The molecule has 0 aliphatic carbocycles. The van der Waals surface area contributed by atoms with Gasteiger partial charge in [0.1, 0.15) is 40.3 Å². The molecule has 1 aliphatic rings. The fraction of sp³-hybridized carbons (Fsp3) is 0.143. The fourth-order valence-corrected chi connectivity index (χ4v) is 4.31. The van der Waals surface area contributed by atoms with Crippen molar-refractivity contribution >= 4 is 16.9 Å². The number of fused-ring (bicyclic) bond motifs is 2. The van der Waals surface area contributed by atoms with E-state index in [0.29, 0.717) is 34.5 Å². The molecule has 36 heavy (non-hydrogen) atoms. The first kappa shape index (κ1) is 23.0. The van der Waals surface area contributed by atoms with Gasteiger partial charge in [0.25, 0.3) is 0 Å². The van der Waals surface area contributed by atoms with Crippen molar-refractivity contribution < 1.29 is 27.8 Å². The number of nitrogens with two attached hydrogens (primary N) is 1. The van der Waals surface area contributed by atoms with Crippen LogP contribution in [0.15, 0.2) is 76.5 Å². The number of esters is 1. The second kappa shape index (κ2) is 9.12. The van der Waals surface area contributed by atoms with Gasteiger partial charge in [-0.3, -0.25) is 0 Å². The first-order valence-corrected chi connectivity index (χ1v) is 11.2. The Bertz CT molecular complexity index is 1560. The minimum atomic E-state index is -0.732. The van der Waals surface area contributed by atoms with Crippen molar-refractivity contribution in [3.8, 4) is 23.3 Å². The number of benzene rings is 3. The maximum absolute atomic E-state index is 13.6. The Morgan fingerprint density at radius 2 is 1.86 bits per heavy atom. The van der Waals surface area contributed by atoms with Crippen LogP contribution in [0.4, 0.5) is 4.39 Å². The zero-order chi connectivity index (χ0) is 25.4. The van der Waals surface area contributed by atoms with E-state index in [1.54, 1.807) is 19.1 Å². The smallest absolute Gasteiger partial charge is 0.379 e. The van der Waals surface area contributed by atoms with Crippen molar-refractivity contribution in [1.29, 1.82) is 5.26 Å². The molecule has 7 nitrogen and oxygen atoms in total. The summed E-state index contributed by atoms with van der Waals surface area (Å²) in [6.07, 6.45) is 0. The van der Waals surface area contributed by atoms with Crippen molar-refractivity contribution in [3.05, 3.63) is 100 Å². The number of halogens is 1. The van der Waals surface area contributed by atoms with Crippen LogP contribution in [0, 0.1) is 24.1 Å². The van der Waals surface area contributed by atoms with Crippen LogP contribution in [0.5, 0.6) is 17.2 Å². The number of nitrogens with zero attached hydrogens (tertiary/aromatic N) is 1. The molecule has 180 valence electrons. The van der Waals surface area contributed by atoms with Gasteiger partial charge in [0, 0.05) is 22.6 Å². The second-order valence-electron chi connectivity index (χ2n) is 8.21. The van der Waals surface area contributed by atoms with Gasteiger partial charge in [0.15, 0.2) is 0 Å². The maximum Gasteiger partial charge on any atom is 0.379 e. The van der Waals surface area contributed by atoms with Gasteiger partial charge in [-0.05, 0) is 55.8 Å². The van der Waals surface area contributed by atoms with Crippen molar-refractivity contribution in [2.24, 2.45) is 5.73 Å². The number of hydrogen-bond acceptors (Lipinski definition) is 7. The molecule has 0 amide bonds. The van der Waals surface area contributed by atoms with E-state index >= 15 is 0 Å². The van der Waals surface area contributed by atoms with E-state index in [0.717, 1.165) is 11.3 Å². The van der Waals surface area contributed by atoms with Gasteiger partial charge in [-0.2, -0.15) is 5.26 Å². The Labute approximate surface area is 206 Å². The normalized spacial score (nSPS) is 14.7. The van der Waals surface area contributed by atoms with Gasteiger partial charge in [0.2, 0.25) is 11.6 Å². The molecule has 1 aliphatic heterocycles. The van der Waals surface area contributed by atoms with Crippen LogP contribution in [0.25, 0.3) is 11.0 Å². The molecule has 1 aromatic heterocycles. The molecule has 3 aromatic carbocycles. The van der Waals surface area contributed by atoms with Gasteiger partial charge in [-0.15, -0.1) is 0 Å². The SMILES string of the molecule is CCOc1ccc(C2C(C#N)=C(N)Oc3cc(OC(=O)c4oc5ccc(F)cc5c4C)ccc32)cc1. The molecule has 0 radical (unpaired) electrons. The molecule has 1 unspecified atom stereocenters. The standard InChI is InChI=1S/C28H21FN2O5/c1-3-33-18-7-4-16(5-8-18)25-20-10-9-19(13-24(20)36-27(31)22(25)14-30)34-28(32)26-15(2)21-12-17(29)6-11-23(21)35-26/h4-13,25H,3,31H2,1-2H3. The van der Waals surface area contributed by atoms with E-state index in [2.05, 4.69) is 6.07 Å². The molecule has 2 N–H and O–H groups in total. The molecule has 0 spiro atoms. The lowest BCUT2D eigenvalue weighted by Gasteiger charge is -2.26. The summed E-state index contributed by atoms with van der Waals surface area (Å²) in [5.41, 5.74) is 8.75. The van der Waals surface area contributed by atoms with Crippen LogP contribution in [0.1, 0.15) is 40.1 Å². The third-order valence-corrected chi connectivity index (χ3v) is 6.01. The van der Waals surface area contributed by atoms with Crippen molar-refractivity contribution in [1.82, 2.24) is 0 Å². The third kappa shape index (κ3) is 4.01. The number of ether oxygens (including phenoxy) is 3. The molecular formula is C28H21FN2O5. The van der Waals surface area contributed by atoms with E-state index in [1.165, 1.54) is 24.3 Å². The fourth-order valence-electron chi connectivity index (χ4n) is 4.31. The number of nitriles is 1. The zero-order valence-electron chi connectivity index (χ0n) is 19.5. The van der Waals surface area contributed by atoms with Gasteiger partial charge in [-0.25, -0.2) is 9.18 Å². The van der Waals surface area contributed by atoms with Crippen LogP contribution < -0.4 is 19.9 Å². The molecule has 0 bridgehead atoms. The number of aryl methyl sites for hydroxylation is 1. The van der Waals surface area contributed by atoms with Crippen molar-refractivity contribution in [2.75, 3.05) is 6.61 Å². The highest BCUT2D eigenvalue weighted by Gasteiger charge is 2.31. The molecule has 1 atom stereocenters. The number of carbonyl (C=O) groups is 1. The van der Waals surface area contributed by atoms with E-state index < -0.39 is 17.7 Å². The van der Waals surface area contributed by atoms with Gasteiger partial charge in [0.05, 0.1) is 12.5 Å². The summed E-state index contributed by atoms with van der Waals surface area (Å²) in [5, 5.41) is 10.3. The zero-order valence-corrected chi connectivity index (χ0v) is 19.5. The highest BCUT2D eigenvalue weighted by atomic mass is 19.1. The highest BCUT2D eigenvalue weighted by Crippen LogP contribution is 2.43. The molecule has 0 saturated heterocycles. The first-order valence-electron chi connectivity index (χ1n) is 11.2. The largest absolute Gasteiger partial charge is 0.494 e. The quantitative estimate of drug-likeness (QED) is 0.285. The summed E-state index contributed by atoms with van der Waals surface area (Å²) in [7, 11) is 0. The van der Waals surface area contributed by atoms with Gasteiger partial charge in [-0.1, -0.05) is 18.2 Å². The summed E-state index contributed by atoms with van der Waals surface area (Å²) in [6.45, 7) is 4.11. The van der Waals surface area contributed by atoms with Crippen molar-refractivity contribution in [2.45, 2.75) is 19.8 Å². The van der Waals surface area contributed by atoms with Crippen LogP contribution in [0.2, 0.25) is 0 Å². The summed E-state index contributed by atoms with van der Waals surface area (Å²) in [6, 6.07) is 18.4. The van der Waals surface area contributed by atoms with Crippen LogP contribution in [0.3, 0.4) is 0 Å². The minimum absolute atomic E-state index is 0.0207. The van der Waals surface area contributed by atoms with Crippen LogP contribution in [-0.2, 0) is 0 Å². The Morgan fingerprint density at radius 1 is 1.11 bits per heavy atom. The van der Waals surface area contributed by atoms with Crippen LogP contribution in [-0.4, -0.2) is 12.6 Å². The number of rotatable bonds is 5. The summed E-state index contributed by atoms with van der Waals surface area (Å²) >= 11 is 0. The predicted molar refractivity (Wildman–Crippen MR) is 129 cm³/mol. The first-order chi connectivity index (χ1) is 17.4. The number of hydrogen-bond donors (Lipinski definition) is 1. The van der Waals surface area contributed by atoms with E-state index in [-0.39, 0.29) is 23.0 Å². The lowest BCUT2D eigenvalue weighted by Crippen LogP contribution is -2.21. The average Bonchev–Trinajstić information content (AvgIpc) is 3.19. The Kier molecular flexibility index (Phi) is 5.82. The number of allylic oxidation sites excluding steroid dienone is 1. The Morgan fingerprint density at radius 3 is 2.58 bits per heavy atom. The van der Waals surface area contributed by atoms with Gasteiger partial charge < -0.3 is 24.4 Å². The van der Waals surface area contributed by atoms with Crippen LogP contribution >= 0.6 is 0 Å². The lowest BCUT2D eigenvalue weighted by molar-refractivity contribution is 0.0702. The molecule has 0 fully saturated rings. The number of furan rings is 1.